The zero-order chi connectivity index (χ0) is 15.6. The van der Waals surface area contributed by atoms with Gasteiger partial charge in [0.15, 0.2) is 11.5 Å². The number of hydrogen-bond acceptors (Lipinski definition) is 5. The number of sulfonamides is 1. The van der Waals surface area contributed by atoms with Crippen molar-refractivity contribution >= 4 is 22.4 Å². The van der Waals surface area contributed by atoms with Gasteiger partial charge in [-0.25, -0.2) is 8.42 Å². The second-order valence-electron chi connectivity index (χ2n) is 5.57. The van der Waals surface area contributed by atoms with Crippen molar-refractivity contribution in [3.63, 3.8) is 0 Å². The van der Waals surface area contributed by atoms with Gasteiger partial charge in [0.1, 0.15) is 13.2 Å². The SMILES string of the molecule is CCCN(C1CCNC1)S(=O)(=O)c1ccc2c(c1)OCCO2.Cl. The fourth-order valence-corrected chi connectivity index (χ4v) is 4.69. The Balaban J connectivity index is 0.00000192. The molecule has 130 valence electrons. The van der Waals surface area contributed by atoms with Crippen LogP contribution in [0.1, 0.15) is 19.8 Å². The van der Waals surface area contributed by atoms with E-state index in [4.69, 9.17) is 9.47 Å². The highest BCUT2D eigenvalue weighted by Crippen LogP contribution is 2.33. The molecule has 1 fully saturated rings. The van der Waals surface area contributed by atoms with Crippen molar-refractivity contribution in [3.05, 3.63) is 18.2 Å². The van der Waals surface area contributed by atoms with Gasteiger partial charge in [0.2, 0.25) is 10.0 Å². The summed E-state index contributed by atoms with van der Waals surface area (Å²) in [6, 6.07) is 4.89. The third-order valence-corrected chi connectivity index (χ3v) is 5.95. The number of benzene rings is 1. The second kappa shape index (κ2) is 7.70. The Morgan fingerprint density at radius 2 is 2.00 bits per heavy atom. The molecule has 2 heterocycles. The molecule has 0 amide bonds. The average molecular weight is 363 g/mol. The van der Waals surface area contributed by atoms with Crippen molar-refractivity contribution in [1.82, 2.24) is 9.62 Å². The van der Waals surface area contributed by atoms with Gasteiger partial charge in [-0.2, -0.15) is 4.31 Å². The molecule has 3 rings (SSSR count). The van der Waals surface area contributed by atoms with Crippen LogP contribution in [-0.2, 0) is 10.0 Å². The van der Waals surface area contributed by atoms with Gasteiger partial charge in [0.05, 0.1) is 4.90 Å². The average Bonchev–Trinajstić information content (AvgIpc) is 3.06. The van der Waals surface area contributed by atoms with Crippen LogP contribution < -0.4 is 14.8 Å². The number of rotatable bonds is 5. The number of nitrogens with zero attached hydrogens (tertiary/aromatic N) is 1. The Morgan fingerprint density at radius 3 is 2.65 bits per heavy atom. The molecule has 8 heteroatoms. The van der Waals surface area contributed by atoms with Crippen molar-refractivity contribution in [2.24, 2.45) is 0 Å². The van der Waals surface area contributed by atoms with E-state index in [0.717, 1.165) is 19.4 Å². The lowest BCUT2D eigenvalue weighted by Crippen LogP contribution is -2.42. The van der Waals surface area contributed by atoms with E-state index in [0.29, 0.717) is 37.8 Å². The van der Waals surface area contributed by atoms with E-state index in [1.807, 2.05) is 6.92 Å². The smallest absolute Gasteiger partial charge is 0.243 e. The minimum atomic E-state index is -3.52. The maximum atomic E-state index is 13.0. The van der Waals surface area contributed by atoms with Gasteiger partial charge in [-0.15, -0.1) is 12.4 Å². The Hall–Kier alpha value is -1.02. The van der Waals surface area contributed by atoms with E-state index >= 15 is 0 Å². The lowest BCUT2D eigenvalue weighted by Gasteiger charge is -2.28. The van der Waals surface area contributed by atoms with Crippen molar-refractivity contribution < 1.29 is 17.9 Å². The van der Waals surface area contributed by atoms with Gasteiger partial charge in [-0.3, -0.25) is 0 Å². The van der Waals surface area contributed by atoms with E-state index in [2.05, 4.69) is 5.32 Å². The molecule has 1 saturated heterocycles. The molecule has 0 radical (unpaired) electrons. The quantitative estimate of drug-likeness (QED) is 0.862. The van der Waals surface area contributed by atoms with Crippen molar-refractivity contribution in [1.29, 1.82) is 0 Å². The molecule has 1 aromatic rings. The third-order valence-electron chi connectivity index (χ3n) is 4.01. The topological polar surface area (TPSA) is 67.9 Å². The summed E-state index contributed by atoms with van der Waals surface area (Å²) in [6.45, 7) is 5.04. The molecule has 2 aliphatic heterocycles. The fraction of sp³-hybridized carbons (Fsp3) is 0.600. The highest BCUT2D eigenvalue weighted by Gasteiger charge is 2.33. The molecule has 1 atom stereocenters. The molecule has 1 unspecified atom stereocenters. The van der Waals surface area contributed by atoms with Crippen LogP contribution >= 0.6 is 12.4 Å². The summed E-state index contributed by atoms with van der Waals surface area (Å²) in [7, 11) is -3.52. The summed E-state index contributed by atoms with van der Waals surface area (Å²) in [6.07, 6.45) is 1.64. The molecular formula is C15H23ClN2O4S. The van der Waals surface area contributed by atoms with E-state index in [1.165, 1.54) is 0 Å². The fourth-order valence-electron chi connectivity index (χ4n) is 2.92. The van der Waals surface area contributed by atoms with Gasteiger partial charge in [0, 0.05) is 25.2 Å². The molecule has 0 saturated carbocycles. The van der Waals surface area contributed by atoms with Crippen LogP contribution in [0.3, 0.4) is 0 Å². The first-order valence-corrected chi connectivity index (χ1v) is 9.19. The van der Waals surface area contributed by atoms with Crippen LogP contribution in [0.2, 0.25) is 0 Å². The highest BCUT2D eigenvalue weighted by atomic mass is 35.5. The molecule has 0 aromatic heterocycles. The normalized spacial score (nSPS) is 20.3. The summed E-state index contributed by atoms with van der Waals surface area (Å²) < 4.78 is 38.6. The second-order valence-corrected chi connectivity index (χ2v) is 7.46. The van der Waals surface area contributed by atoms with Crippen molar-refractivity contribution in [3.8, 4) is 11.5 Å². The van der Waals surface area contributed by atoms with Gasteiger partial charge in [-0.1, -0.05) is 6.92 Å². The van der Waals surface area contributed by atoms with E-state index in [1.54, 1.807) is 22.5 Å². The molecule has 6 nitrogen and oxygen atoms in total. The third kappa shape index (κ3) is 3.74. The number of nitrogens with one attached hydrogen (secondary N) is 1. The lowest BCUT2D eigenvalue weighted by atomic mass is 10.2. The Labute approximate surface area is 143 Å². The van der Waals surface area contributed by atoms with Crippen LogP contribution in [0, 0.1) is 0 Å². The minimum Gasteiger partial charge on any atom is -0.486 e. The predicted molar refractivity (Wildman–Crippen MR) is 90.1 cm³/mol. The van der Waals surface area contributed by atoms with Gasteiger partial charge in [0.25, 0.3) is 0 Å². The number of hydrogen-bond donors (Lipinski definition) is 1. The first-order valence-electron chi connectivity index (χ1n) is 7.75. The minimum absolute atomic E-state index is 0. The van der Waals surface area contributed by atoms with Gasteiger partial charge < -0.3 is 14.8 Å². The standard InChI is InChI=1S/C15H22N2O4S.ClH/c1-2-7-17(12-5-6-16-11-12)22(18,19)13-3-4-14-15(10-13)21-9-8-20-14;/h3-4,10,12,16H,2,5-9,11H2,1H3;1H. The van der Waals surface area contributed by atoms with Crippen LogP contribution in [-0.4, -0.2) is 51.6 Å². The summed E-state index contributed by atoms with van der Waals surface area (Å²) >= 11 is 0. The van der Waals surface area contributed by atoms with E-state index < -0.39 is 10.0 Å². The van der Waals surface area contributed by atoms with E-state index in [-0.39, 0.29) is 23.3 Å². The summed E-state index contributed by atoms with van der Waals surface area (Å²) in [5.41, 5.74) is 0. The molecule has 0 spiro atoms. The molecule has 1 N–H and O–H groups in total. The zero-order valence-electron chi connectivity index (χ0n) is 13.2. The van der Waals surface area contributed by atoms with Crippen molar-refractivity contribution in [2.75, 3.05) is 32.8 Å². The molecule has 1 aromatic carbocycles. The first kappa shape index (κ1) is 18.3. The van der Waals surface area contributed by atoms with Crippen LogP contribution in [0.25, 0.3) is 0 Å². The lowest BCUT2D eigenvalue weighted by molar-refractivity contribution is 0.171. The Morgan fingerprint density at radius 1 is 1.26 bits per heavy atom. The maximum absolute atomic E-state index is 13.0. The largest absolute Gasteiger partial charge is 0.486 e. The summed E-state index contributed by atoms with van der Waals surface area (Å²) in [5, 5.41) is 3.23. The Kier molecular flexibility index (Phi) is 6.13. The van der Waals surface area contributed by atoms with Gasteiger partial charge >= 0.3 is 0 Å². The molecule has 23 heavy (non-hydrogen) atoms. The molecular weight excluding hydrogens is 340 g/mol. The monoisotopic (exact) mass is 362 g/mol. The molecule has 2 aliphatic rings. The zero-order valence-corrected chi connectivity index (χ0v) is 14.8. The van der Waals surface area contributed by atoms with Crippen LogP contribution in [0.15, 0.2) is 23.1 Å². The van der Waals surface area contributed by atoms with E-state index in [9.17, 15) is 8.42 Å². The highest BCUT2D eigenvalue weighted by molar-refractivity contribution is 7.89. The molecule has 0 bridgehead atoms. The van der Waals surface area contributed by atoms with Crippen LogP contribution in [0.4, 0.5) is 0 Å². The summed E-state index contributed by atoms with van der Waals surface area (Å²) in [4.78, 5) is 0.275. The predicted octanol–water partition coefficient (Wildman–Crippen LogP) is 1.64. The van der Waals surface area contributed by atoms with Crippen molar-refractivity contribution in [2.45, 2.75) is 30.7 Å². The maximum Gasteiger partial charge on any atom is 0.243 e. The number of ether oxygens (including phenoxy) is 2. The number of fused-ring (bicyclic) bond motifs is 1. The number of halogens is 1. The summed E-state index contributed by atoms with van der Waals surface area (Å²) in [5.74, 6) is 1.11. The van der Waals surface area contributed by atoms with Crippen LogP contribution in [0.5, 0.6) is 11.5 Å². The van der Waals surface area contributed by atoms with Gasteiger partial charge in [-0.05, 0) is 31.5 Å². The molecule has 0 aliphatic carbocycles. The Bertz CT molecular complexity index is 632. The first-order chi connectivity index (χ1) is 10.6.